The molecule has 0 saturated heterocycles. The van der Waals surface area contributed by atoms with Gasteiger partial charge in [-0.25, -0.2) is 0 Å². The van der Waals surface area contributed by atoms with Crippen LogP contribution < -0.4 is 9.80 Å². The molecular weight excluding hydrogens is 296 g/mol. The lowest BCUT2D eigenvalue weighted by molar-refractivity contribution is -0.121. The van der Waals surface area contributed by atoms with Gasteiger partial charge in [-0.1, -0.05) is 30.3 Å². The molecule has 0 aliphatic carbocycles. The van der Waals surface area contributed by atoms with Crippen LogP contribution >= 0.6 is 11.8 Å². The van der Waals surface area contributed by atoms with E-state index in [9.17, 15) is 9.59 Å². The third-order valence-corrected chi connectivity index (χ3v) is 4.67. The average Bonchev–Trinajstić information content (AvgIpc) is 2.57. The highest BCUT2D eigenvalue weighted by molar-refractivity contribution is 8.00. The Hall–Kier alpha value is -2.27. The van der Waals surface area contributed by atoms with Crippen LogP contribution in [0.3, 0.4) is 0 Å². The van der Waals surface area contributed by atoms with Crippen LogP contribution in [0.2, 0.25) is 0 Å². The van der Waals surface area contributed by atoms with Gasteiger partial charge in [-0.15, -0.1) is 11.8 Å². The van der Waals surface area contributed by atoms with Gasteiger partial charge in [-0.2, -0.15) is 0 Å². The van der Waals surface area contributed by atoms with Crippen LogP contribution in [0.15, 0.2) is 59.5 Å². The zero-order valence-electron chi connectivity index (χ0n) is 12.2. The van der Waals surface area contributed by atoms with Crippen molar-refractivity contribution in [1.29, 1.82) is 0 Å². The number of para-hydroxylation sites is 2. The van der Waals surface area contributed by atoms with Gasteiger partial charge < -0.3 is 9.80 Å². The molecule has 1 aliphatic rings. The number of thioether (sulfide) groups is 1. The maximum atomic E-state index is 12.5. The zero-order chi connectivity index (χ0) is 15.5. The Balaban J connectivity index is 1.81. The average molecular weight is 312 g/mol. The lowest BCUT2D eigenvalue weighted by atomic mass is 10.2. The van der Waals surface area contributed by atoms with Crippen molar-refractivity contribution < 1.29 is 9.59 Å². The van der Waals surface area contributed by atoms with Gasteiger partial charge in [-0.3, -0.25) is 9.59 Å². The number of rotatable bonds is 3. The molecule has 0 bridgehead atoms. The van der Waals surface area contributed by atoms with Crippen molar-refractivity contribution in [2.24, 2.45) is 0 Å². The predicted octanol–water partition coefficient (Wildman–Crippen LogP) is 2.79. The normalized spacial score (nSPS) is 13.7. The minimum Gasteiger partial charge on any atom is -0.314 e. The van der Waals surface area contributed by atoms with Crippen molar-refractivity contribution in [2.75, 3.05) is 29.1 Å². The van der Waals surface area contributed by atoms with E-state index in [1.165, 1.54) is 11.8 Å². The standard InChI is InChI=1S/C17H16N2O2S/c1-18(13-7-3-2-4-8-13)16(20)11-19-14-9-5-6-10-15(14)22-12-17(19)21/h2-10H,11-12H2,1H3. The van der Waals surface area contributed by atoms with E-state index < -0.39 is 0 Å². The maximum absolute atomic E-state index is 12.5. The van der Waals surface area contributed by atoms with Gasteiger partial charge >= 0.3 is 0 Å². The minimum atomic E-state index is -0.110. The van der Waals surface area contributed by atoms with Crippen LogP contribution in [0.25, 0.3) is 0 Å². The molecule has 5 heteroatoms. The molecule has 0 atom stereocenters. The highest BCUT2D eigenvalue weighted by Crippen LogP contribution is 2.34. The second kappa shape index (κ2) is 6.23. The van der Waals surface area contributed by atoms with Crippen molar-refractivity contribution in [3.05, 3.63) is 54.6 Å². The van der Waals surface area contributed by atoms with Crippen molar-refractivity contribution in [3.63, 3.8) is 0 Å². The summed E-state index contributed by atoms with van der Waals surface area (Å²) >= 11 is 1.52. The largest absolute Gasteiger partial charge is 0.314 e. The summed E-state index contributed by atoms with van der Waals surface area (Å²) in [6.07, 6.45) is 0. The van der Waals surface area contributed by atoms with Crippen LogP contribution in [-0.2, 0) is 9.59 Å². The number of carbonyl (C=O) groups excluding carboxylic acids is 2. The molecule has 22 heavy (non-hydrogen) atoms. The van der Waals surface area contributed by atoms with Crippen LogP contribution in [-0.4, -0.2) is 31.2 Å². The molecule has 0 N–H and O–H groups in total. The Morgan fingerprint density at radius 2 is 1.82 bits per heavy atom. The molecule has 3 rings (SSSR count). The number of carbonyl (C=O) groups is 2. The van der Waals surface area contributed by atoms with E-state index in [2.05, 4.69) is 0 Å². The molecule has 1 heterocycles. The van der Waals surface area contributed by atoms with E-state index in [0.29, 0.717) is 5.75 Å². The van der Waals surface area contributed by atoms with Crippen molar-refractivity contribution in [1.82, 2.24) is 0 Å². The number of likely N-dealkylation sites (N-methyl/N-ethyl adjacent to an activating group) is 1. The van der Waals surface area contributed by atoms with Gasteiger partial charge in [-0.05, 0) is 24.3 Å². The molecule has 2 amide bonds. The highest BCUT2D eigenvalue weighted by Gasteiger charge is 2.27. The molecule has 4 nitrogen and oxygen atoms in total. The molecule has 1 aliphatic heterocycles. The summed E-state index contributed by atoms with van der Waals surface area (Å²) in [5.41, 5.74) is 1.64. The minimum absolute atomic E-state index is 0.0292. The number of fused-ring (bicyclic) bond motifs is 1. The lowest BCUT2D eigenvalue weighted by Crippen LogP contribution is -2.44. The zero-order valence-corrected chi connectivity index (χ0v) is 13.0. The van der Waals surface area contributed by atoms with Crippen LogP contribution in [0.5, 0.6) is 0 Å². The quantitative estimate of drug-likeness (QED) is 0.875. The number of benzene rings is 2. The van der Waals surface area contributed by atoms with Gasteiger partial charge in [0.1, 0.15) is 6.54 Å². The number of hydrogen-bond acceptors (Lipinski definition) is 3. The molecule has 112 valence electrons. The lowest BCUT2D eigenvalue weighted by Gasteiger charge is -2.30. The first-order valence-corrected chi connectivity index (χ1v) is 7.99. The van der Waals surface area contributed by atoms with Crippen LogP contribution in [0.4, 0.5) is 11.4 Å². The fourth-order valence-electron chi connectivity index (χ4n) is 2.36. The first-order valence-electron chi connectivity index (χ1n) is 7.00. The van der Waals surface area contributed by atoms with Gasteiger partial charge in [0, 0.05) is 17.6 Å². The predicted molar refractivity (Wildman–Crippen MR) is 89.4 cm³/mol. The number of amides is 2. The fourth-order valence-corrected chi connectivity index (χ4v) is 3.30. The van der Waals surface area contributed by atoms with Crippen molar-refractivity contribution in [3.8, 4) is 0 Å². The molecule has 2 aromatic rings. The number of nitrogens with zero attached hydrogens (tertiary/aromatic N) is 2. The summed E-state index contributed by atoms with van der Waals surface area (Å²) in [6.45, 7) is 0.0573. The molecule has 0 spiro atoms. The first-order chi connectivity index (χ1) is 10.7. The van der Waals surface area contributed by atoms with Gasteiger partial charge in [0.05, 0.1) is 11.4 Å². The Bertz CT molecular complexity index is 703. The van der Waals surface area contributed by atoms with Gasteiger partial charge in [0.2, 0.25) is 11.8 Å². The van der Waals surface area contributed by atoms with Crippen LogP contribution in [0.1, 0.15) is 0 Å². The summed E-state index contributed by atoms with van der Waals surface area (Å²) in [6, 6.07) is 17.1. The van der Waals surface area contributed by atoms with Gasteiger partial charge in [0.25, 0.3) is 0 Å². The Morgan fingerprint density at radius 1 is 1.14 bits per heavy atom. The van der Waals surface area contributed by atoms with E-state index in [4.69, 9.17) is 0 Å². The molecular formula is C17H16N2O2S. The van der Waals surface area contributed by atoms with E-state index in [1.807, 2.05) is 54.6 Å². The summed E-state index contributed by atoms with van der Waals surface area (Å²) in [5, 5.41) is 0. The maximum Gasteiger partial charge on any atom is 0.246 e. The topological polar surface area (TPSA) is 40.6 Å². The second-order valence-corrected chi connectivity index (χ2v) is 6.04. The van der Waals surface area contributed by atoms with E-state index in [1.54, 1.807) is 16.8 Å². The van der Waals surface area contributed by atoms with Crippen molar-refractivity contribution >= 4 is 35.0 Å². The summed E-state index contributed by atoms with van der Waals surface area (Å²) in [5.74, 6) is 0.235. The monoisotopic (exact) mass is 312 g/mol. The van der Waals surface area contributed by atoms with E-state index in [-0.39, 0.29) is 18.4 Å². The molecule has 0 aromatic heterocycles. The highest BCUT2D eigenvalue weighted by atomic mass is 32.2. The Kier molecular flexibility index (Phi) is 4.15. The fraction of sp³-hybridized carbons (Fsp3) is 0.176. The molecule has 0 fully saturated rings. The molecule has 0 unspecified atom stereocenters. The third-order valence-electron chi connectivity index (χ3n) is 3.62. The summed E-state index contributed by atoms with van der Waals surface area (Å²) in [7, 11) is 1.73. The Morgan fingerprint density at radius 3 is 2.59 bits per heavy atom. The molecule has 2 aromatic carbocycles. The first kappa shape index (κ1) is 14.7. The molecule has 0 radical (unpaired) electrons. The van der Waals surface area contributed by atoms with E-state index >= 15 is 0 Å². The second-order valence-electron chi connectivity index (χ2n) is 5.02. The van der Waals surface area contributed by atoms with Crippen LogP contribution in [0, 0.1) is 0 Å². The number of hydrogen-bond donors (Lipinski definition) is 0. The molecule has 0 saturated carbocycles. The summed E-state index contributed by atoms with van der Waals surface area (Å²) < 4.78 is 0. The SMILES string of the molecule is CN(C(=O)CN1C(=O)CSc2ccccc21)c1ccccc1. The third kappa shape index (κ3) is 2.85. The number of anilines is 2. The smallest absolute Gasteiger partial charge is 0.246 e. The summed E-state index contributed by atoms with van der Waals surface area (Å²) in [4.78, 5) is 28.9. The van der Waals surface area contributed by atoms with E-state index in [0.717, 1.165) is 16.3 Å². The van der Waals surface area contributed by atoms with Crippen molar-refractivity contribution in [2.45, 2.75) is 4.90 Å². The van der Waals surface area contributed by atoms with Gasteiger partial charge in [0.15, 0.2) is 0 Å². The Labute approximate surface area is 133 Å².